The molecule has 0 aliphatic rings. The largest absolute Gasteiger partial charge is 0.490 e. The number of pyridine rings is 2. The quantitative estimate of drug-likeness (QED) is 0.404. The number of hydrogen-bond acceptors (Lipinski definition) is 5. The summed E-state index contributed by atoms with van der Waals surface area (Å²) in [6.07, 6.45) is 0.336. The van der Waals surface area contributed by atoms with E-state index in [9.17, 15) is 18.0 Å². The summed E-state index contributed by atoms with van der Waals surface area (Å²) in [5.74, 6) is -2.47. The van der Waals surface area contributed by atoms with Crippen LogP contribution in [0.2, 0.25) is 0 Å². The SMILES string of the molecule is CC(C)c1nc(-c2cc(C(=O)NCc3ccncc3)c3ccccn23)cs1.O=C(O)C(F)(F)F. The molecule has 0 radical (unpaired) electrons. The third-order valence-electron chi connectivity index (χ3n) is 4.64. The van der Waals surface area contributed by atoms with Crippen molar-refractivity contribution in [2.24, 2.45) is 0 Å². The van der Waals surface area contributed by atoms with Gasteiger partial charge in [-0.15, -0.1) is 11.3 Å². The Morgan fingerprint density at radius 3 is 2.44 bits per heavy atom. The maximum atomic E-state index is 12.8. The van der Waals surface area contributed by atoms with Gasteiger partial charge in [0.1, 0.15) is 0 Å². The van der Waals surface area contributed by atoms with Crippen molar-refractivity contribution in [3.63, 3.8) is 0 Å². The van der Waals surface area contributed by atoms with Gasteiger partial charge in [0, 0.05) is 36.4 Å². The molecule has 0 saturated carbocycles. The maximum absolute atomic E-state index is 12.8. The van der Waals surface area contributed by atoms with Gasteiger partial charge in [-0.1, -0.05) is 19.9 Å². The Bertz CT molecular complexity index is 1280. The van der Waals surface area contributed by atoms with Crippen molar-refractivity contribution in [3.8, 4) is 11.4 Å². The molecule has 34 heavy (non-hydrogen) atoms. The molecule has 4 aromatic rings. The Morgan fingerprint density at radius 1 is 1.18 bits per heavy atom. The topological polar surface area (TPSA) is 96.6 Å². The van der Waals surface area contributed by atoms with E-state index in [1.54, 1.807) is 23.7 Å². The highest BCUT2D eigenvalue weighted by atomic mass is 32.1. The van der Waals surface area contributed by atoms with Crippen molar-refractivity contribution in [1.82, 2.24) is 19.7 Å². The summed E-state index contributed by atoms with van der Waals surface area (Å²) in [7, 11) is 0. The minimum Gasteiger partial charge on any atom is -0.475 e. The first kappa shape index (κ1) is 24.9. The molecular weight excluding hydrogens is 469 g/mol. The summed E-state index contributed by atoms with van der Waals surface area (Å²) < 4.78 is 33.8. The lowest BCUT2D eigenvalue weighted by molar-refractivity contribution is -0.192. The van der Waals surface area contributed by atoms with Gasteiger partial charge in [0.05, 0.1) is 27.5 Å². The number of aliphatic carboxylic acids is 1. The molecule has 2 N–H and O–H groups in total. The van der Waals surface area contributed by atoms with Crippen molar-refractivity contribution in [3.05, 3.63) is 76.5 Å². The van der Waals surface area contributed by atoms with Gasteiger partial charge in [-0.2, -0.15) is 13.2 Å². The molecular formula is C23H21F3N4O3S. The normalized spacial score (nSPS) is 11.2. The van der Waals surface area contributed by atoms with Crippen LogP contribution >= 0.6 is 11.3 Å². The lowest BCUT2D eigenvalue weighted by Crippen LogP contribution is -2.22. The molecule has 1 amide bonds. The first-order chi connectivity index (χ1) is 16.1. The van der Waals surface area contributed by atoms with E-state index in [0.29, 0.717) is 18.0 Å². The first-order valence-electron chi connectivity index (χ1n) is 10.1. The van der Waals surface area contributed by atoms with Crippen molar-refractivity contribution < 1.29 is 27.9 Å². The van der Waals surface area contributed by atoms with E-state index < -0.39 is 12.1 Å². The van der Waals surface area contributed by atoms with Gasteiger partial charge >= 0.3 is 12.1 Å². The highest BCUT2D eigenvalue weighted by Gasteiger charge is 2.38. The number of carboxylic acid groups (broad SMARTS) is 1. The van der Waals surface area contributed by atoms with E-state index in [1.807, 2.05) is 47.0 Å². The number of alkyl halides is 3. The summed E-state index contributed by atoms with van der Waals surface area (Å²) in [6, 6.07) is 11.6. The summed E-state index contributed by atoms with van der Waals surface area (Å²) >= 11 is 1.66. The number of carbonyl (C=O) groups excluding carboxylic acids is 1. The molecule has 7 nitrogen and oxygen atoms in total. The third-order valence-corrected chi connectivity index (χ3v) is 5.79. The van der Waals surface area contributed by atoms with Crippen molar-refractivity contribution in [2.45, 2.75) is 32.5 Å². The number of hydrogen-bond donors (Lipinski definition) is 2. The Hall–Kier alpha value is -3.73. The molecule has 11 heteroatoms. The predicted octanol–water partition coefficient (Wildman–Crippen LogP) is 5.14. The summed E-state index contributed by atoms with van der Waals surface area (Å²) in [5, 5.41) is 13.3. The second-order valence-corrected chi connectivity index (χ2v) is 8.36. The number of fused-ring (bicyclic) bond motifs is 1. The van der Waals surface area contributed by atoms with Crippen molar-refractivity contribution >= 4 is 28.7 Å². The van der Waals surface area contributed by atoms with Crippen LogP contribution in [0.25, 0.3) is 16.9 Å². The standard InChI is InChI=1S/C21H20N4OS.C2HF3O2/c1-14(2)21-24-17(13-27-21)19-11-16(18-5-3-4-10-25(18)19)20(26)23-12-15-6-8-22-9-7-15;3-2(4,5)1(6)7/h3-11,13-14H,12H2,1-2H3,(H,23,26);(H,6,7). The lowest BCUT2D eigenvalue weighted by Gasteiger charge is -2.04. The summed E-state index contributed by atoms with van der Waals surface area (Å²) in [6.45, 7) is 4.74. The number of thiazole rings is 1. The Balaban J connectivity index is 0.000000406. The van der Waals surface area contributed by atoms with Crippen LogP contribution in [0, 0.1) is 0 Å². The van der Waals surface area contributed by atoms with E-state index in [1.165, 1.54) is 0 Å². The minimum absolute atomic E-state index is 0.0962. The molecule has 0 bridgehead atoms. The molecule has 4 rings (SSSR count). The zero-order valence-electron chi connectivity index (χ0n) is 18.2. The molecule has 0 aromatic carbocycles. The van der Waals surface area contributed by atoms with Crippen molar-refractivity contribution in [1.29, 1.82) is 0 Å². The van der Waals surface area contributed by atoms with E-state index in [0.717, 1.165) is 27.5 Å². The molecule has 178 valence electrons. The second-order valence-electron chi connectivity index (χ2n) is 7.47. The first-order valence-corrected chi connectivity index (χ1v) is 11.0. The zero-order valence-corrected chi connectivity index (χ0v) is 19.0. The Morgan fingerprint density at radius 2 is 1.85 bits per heavy atom. The number of halogens is 3. The van der Waals surface area contributed by atoms with Gasteiger partial charge in [-0.3, -0.25) is 9.78 Å². The number of nitrogens with one attached hydrogen (secondary N) is 1. The third kappa shape index (κ3) is 5.98. The highest BCUT2D eigenvalue weighted by Crippen LogP contribution is 2.29. The number of rotatable bonds is 5. The van der Waals surface area contributed by atoms with Gasteiger partial charge in [-0.25, -0.2) is 9.78 Å². The highest BCUT2D eigenvalue weighted by molar-refractivity contribution is 7.10. The van der Waals surface area contributed by atoms with Gasteiger partial charge in [-0.05, 0) is 35.9 Å². The molecule has 4 aromatic heterocycles. The number of nitrogens with zero attached hydrogens (tertiary/aromatic N) is 3. The minimum atomic E-state index is -5.08. The number of aromatic nitrogens is 3. The average Bonchev–Trinajstić information content (AvgIpc) is 3.43. The lowest BCUT2D eigenvalue weighted by atomic mass is 10.2. The van der Waals surface area contributed by atoms with Crippen LogP contribution < -0.4 is 5.32 Å². The van der Waals surface area contributed by atoms with Crippen LogP contribution in [-0.2, 0) is 11.3 Å². The van der Waals surface area contributed by atoms with Crippen LogP contribution in [0.4, 0.5) is 13.2 Å². The summed E-state index contributed by atoms with van der Waals surface area (Å²) in [5.41, 5.74) is 4.38. The van der Waals surface area contributed by atoms with Crippen LogP contribution in [0.5, 0.6) is 0 Å². The second kappa shape index (κ2) is 10.5. The van der Waals surface area contributed by atoms with Gasteiger partial charge in [0.2, 0.25) is 0 Å². The molecule has 0 aliphatic carbocycles. The fourth-order valence-electron chi connectivity index (χ4n) is 2.98. The van der Waals surface area contributed by atoms with E-state index >= 15 is 0 Å². The predicted molar refractivity (Wildman–Crippen MR) is 122 cm³/mol. The van der Waals surface area contributed by atoms with Gasteiger partial charge < -0.3 is 14.8 Å². The molecule has 0 aliphatic heterocycles. The maximum Gasteiger partial charge on any atom is 0.490 e. The molecule has 4 heterocycles. The number of carboxylic acids is 1. The molecule has 0 unspecified atom stereocenters. The Kier molecular flexibility index (Phi) is 7.67. The van der Waals surface area contributed by atoms with E-state index in [4.69, 9.17) is 14.9 Å². The van der Waals surface area contributed by atoms with E-state index in [-0.39, 0.29) is 5.91 Å². The monoisotopic (exact) mass is 490 g/mol. The molecule has 0 atom stereocenters. The van der Waals surface area contributed by atoms with Crippen LogP contribution in [-0.4, -0.2) is 37.5 Å². The van der Waals surface area contributed by atoms with E-state index in [2.05, 4.69) is 29.5 Å². The summed E-state index contributed by atoms with van der Waals surface area (Å²) in [4.78, 5) is 30.5. The van der Waals surface area contributed by atoms with Gasteiger partial charge in [0.25, 0.3) is 5.91 Å². The number of amides is 1. The van der Waals surface area contributed by atoms with Gasteiger partial charge in [0.15, 0.2) is 0 Å². The van der Waals surface area contributed by atoms with Crippen LogP contribution in [0.3, 0.4) is 0 Å². The zero-order chi connectivity index (χ0) is 24.9. The fourth-order valence-corrected chi connectivity index (χ4v) is 3.81. The molecule has 0 spiro atoms. The van der Waals surface area contributed by atoms with Crippen molar-refractivity contribution in [2.75, 3.05) is 0 Å². The molecule has 0 saturated heterocycles. The average molecular weight is 491 g/mol. The molecule has 0 fully saturated rings. The smallest absolute Gasteiger partial charge is 0.475 e. The van der Waals surface area contributed by atoms with Crippen LogP contribution in [0.1, 0.15) is 40.7 Å². The Labute approximate surface area is 196 Å². The fraction of sp³-hybridized carbons (Fsp3) is 0.217. The number of carbonyl (C=O) groups is 2. The van der Waals surface area contributed by atoms with Crippen LogP contribution in [0.15, 0.2) is 60.4 Å².